The van der Waals surface area contributed by atoms with Gasteiger partial charge in [-0.3, -0.25) is 5.32 Å². The summed E-state index contributed by atoms with van der Waals surface area (Å²) < 4.78 is 10.7. The van der Waals surface area contributed by atoms with Crippen LogP contribution in [-0.2, 0) is 9.47 Å². The summed E-state index contributed by atoms with van der Waals surface area (Å²) in [6, 6.07) is 2.64. The number of halogens is 1. The fraction of sp³-hybridized carbons (Fsp3) is 0.900. The first kappa shape index (κ1) is 15.5. The molecule has 0 aromatic carbocycles. The summed E-state index contributed by atoms with van der Waals surface area (Å²) in [5.41, 5.74) is 0. The molecule has 1 unspecified atom stereocenters. The standard InChI is InChI=1S/C10H19N3O2.ClH/c1-2-11-9-12-4-3-5-13-10-8-14-6-7-15-10;/h10,13H,2-8H2,1H3;1H. The van der Waals surface area contributed by atoms with Crippen LogP contribution in [0.15, 0.2) is 9.98 Å². The van der Waals surface area contributed by atoms with Gasteiger partial charge < -0.3 is 9.47 Å². The maximum atomic E-state index is 5.42. The van der Waals surface area contributed by atoms with Gasteiger partial charge in [0.15, 0.2) is 0 Å². The SMILES string of the molecule is CCN=C=NCCCNC1COCCO1.Cl. The van der Waals surface area contributed by atoms with Gasteiger partial charge in [-0.15, -0.1) is 12.4 Å². The quantitative estimate of drug-likeness (QED) is 0.563. The molecular formula is C10H20ClN3O2. The monoisotopic (exact) mass is 249 g/mol. The molecular weight excluding hydrogens is 230 g/mol. The van der Waals surface area contributed by atoms with E-state index in [4.69, 9.17) is 9.47 Å². The van der Waals surface area contributed by atoms with Gasteiger partial charge in [0.1, 0.15) is 6.23 Å². The highest BCUT2D eigenvalue weighted by Crippen LogP contribution is 1.96. The second kappa shape index (κ2) is 11.0. The minimum Gasteiger partial charge on any atom is -0.375 e. The molecule has 0 saturated carbocycles. The lowest BCUT2D eigenvalue weighted by Crippen LogP contribution is -2.41. The molecule has 0 radical (unpaired) electrons. The summed E-state index contributed by atoms with van der Waals surface area (Å²) in [5, 5.41) is 3.25. The van der Waals surface area contributed by atoms with Crippen LogP contribution in [0.1, 0.15) is 13.3 Å². The van der Waals surface area contributed by atoms with Gasteiger partial charge in [0, 0.05) is 6.54 Å². The van der Waals surface area contributed by atoms with Crippen molar-refractivity contribution >= 4 is 18.4 Å². The lowest BCUT2D eigenvalue weighted by atomic mass is 10.4. The van der Waals surface area contributed by atoms with Crippen LogP contribution < -0.4 is 5.32 Å². The van der Waals surface area contributed by atoms with Crippen molar-refractivity contribution in [1.29, 1.82) is 0 Å². The minimum absolute atomic E-state index is 0. The molecule has 1 saturated heterocycles. The Morgan fingerprint density at radius 2 is 2.25 bits per heavy atom. The Kier molecular flexibility index (Phi) is 10.7. The van der Waals surface area contributed by atoms with E-state index in [1.54, 1.807) is 0 Å². The Bertz CT molecular complexity index is 214. The molecule has 6 heteroatoms. The van der Waals surface area contributed by atoms with Crippen LogP contribution in [0.4, 0.5) is 0 Å². The predicted molar refractivity (Wildman–Crippen MR) is 65.7 cm³/mol. The zero-order chi connectivity index (χ0) is 10.8. The zero-order valence-corrected chi connectivity index (χ0v) is 10.5. The second-order valence-corrected chi connectivity index (χ2v) is 3.20. The topological polar surface area (TPSA) is 55.2 Å². The third-order valence-electron chi connectivity index (χ3n) is 1.93. The van der Waals surface area contributed by atoms with E-state index in [9.17, 15) is 0 Å². The summed E-state index contributed by atoms with van der Waals surface area (Å²) >= 11 is 0. The Morgan fingerprint density at radius 3 is 2.94 bits per heavy atom. The number of aliphatic imine (C=N–C) groups is 2. The predicted octanol–water partition coefficient (Wildman–Crippen LogP) is 0.955. The molecule has 0 spiro atoms. The van der Waals surface area contributed by atoms with Gasteiger partial charge in [-0.1, -0.05) is 0 Å². The summed E-state index contributed by atoms with van der Waals surface area (Å²) in [4.78, 5) is 7.89. The van der Waals surface area contributed by atoms with Gasteiger partial charge in [0.25, 0.3) is 0 Å². The largest absolute Gasteiger partial charge is 0.375 e. The second-order valence-electron chi connectivity index (χ2n) is 3.20. The Hall–Kier alpha value is -0.450. The van der Waals surface area contributed by atoms with Crippen molar-refractivity contribution in [3.8, 4) is 0 Å². The normalized spacial score (nSPS) is 19.4. The minimum atomic E-state index is 0. The first-order valence-corrected chi connectivity index (χ1v) is 5.44. The molecule has 1 aliphatic heterocycles. The molecule has 1 aliphatic rings. The first-order chi connectivity index (χ1) is 7.43. The van der Waals surface area contributed by atoms with Crippen LogP contribution in [0.2, 0.25) is 0 Å². The average Bonchev–Trinajstić information content (AvgIpc) is 2.29. The fourth-order valence-electron chi connectivity index (χ4n) is 1.20. The van der Waals surface area contributed by atoms with Gasteiger partial charge >= 0.3 is 0 Å². The number of hydrogen-bond donors (Lipinski definition) is 1. The van der Waals surface area contributed by atoms with Crippen molar-refractivity contribution in [2.45, 2.75) is 19.6 Å². The van der Waals surface area contributed by atoms with E-state index in [-0.39, 0.29) is 18.6 Å². The van der Waals surface area contributed by atoms with E-state index in [1.807, 2.05) is 6.92 Å². The average molecular weight is 250 g/mol. The third-order valence-corrected chi connectivity index (χ3v) is 1.93. The van der Waals surface area contributed by atoms with Crippen LogP contribution in [0.3, 0.4) is 0 Å². The summed E-state index contributed by atoms with van der Waals surface area (Å²) in [6.45, 7) is 6.37. The van der Waals surface area contributed by atoms with Crippen LogP contribution in [0.25, 0.3) is 0 Å². The molecule has 16 heavy (non-hydrogen) atoms. The van der Waals surface area contributed by atoms with Gasteiger partial charge in [-0.05, 0) is 19.9 Å². The number of ether oxygens (including phenoxy) is 2. The van der Waals surface area contributed by atoms with Crippen molar-refractivity contribution in [2.75, 3.05) is 39.5 Å². The van der Waals surface area contributed by atoms with E-state index in [0.29, 0.717) is 19.8 Å². The Balaban J connectivity index is 0.00000225. The fourth-order valence-corrected chi connectivity index (χ4v) is 1.20. The highest BCUT2D eigenvalue weighted by molar-refractivity contribution is 5.85. The molecule has 0 aromatic rings. The van der Waals surface area contributed by atoms with E-state index in [1.165, 1.54) is 0 Å². The van der Waals surface area contributed by atoms with Gasteiger partial charge in [-0.25, -0.2) is 9.98 Å². The smallest absolute Gasteiger partial charge is 0.131 e. The summed E-state index contributed by atoms with van der Waals surface area (Å²) in [5.74, 6) is 0. The Morgan fingerprint density at radius 1 is 1.38 bits per heavy atom. The molecule has 0 aromatic heterocycles. The number of nitrogens with zero attached hydrogens (tertiary/aromatic N) is 2. The van der Waals surface area contributed by atoms with Crippen LogP contribution in [0, 0.1) is 0 Å². The van der Waals surface area contributed by atoms with Gasteiger partial charge in [0.2, 0.25) is 0 Å². The molecule has 1 N–H and O–H groups in total. The molecule has 0 amide bonds. The van der Waals surface area contributed by atoms with Gasteiger partial charge in [-0.2, -0.15) is 0 Å². The van der Waals surface area contributed by atoms with Crippen molar-refractivity contribution in [2.24, 2.45) is 9.98 Å². The van der Waals surface area contributed by atoms with E-state index in [0.717, 1.165) is 26.1 Å². The lowest BCUT2D eigenvalue weighted by Gasteiger charge is -2.23. The highest BCUT2D eigenvalue weighted by Gasteiger charge is 2.11. The molecule has 1 atom stereocenters. The maximum absolute atomic E-state index is 5.42. The molecule has 1 fully saturated rings. The highest BCUT2D eigenvalue weighted by atomic mass is 35.5. The van der Waals surface area contributed by atoms with Crippen LogP contribution >= 0.6 is 12.4 Å². The van der Waals surface area contributed by atoms with E-state index >= 15 is 0 Å². The zero-order valence-electron chi connectivity index (χ0n) is 9.65. The molecule has 5 nitrogen and oxygen atoms in total. The molecule has 0 bridgehead atoms. The number of hydrogen-bond acceptors (Lipinski definition) is 5. The molecule has 94 valence electrons. The maximum Gasteiger partial charge on any atom is 0.131 e. The number of nitrogens with one attached hydrogen (secondary N) is 1. The molecule has 1 rings (SSSR count). The summed E-state index contributed by atoms with van der Waals surface area (Å²) in [6.07, 6.45) is 1.01. The molecule has 0 aliphatic carbocycles. The number of rotatable bonds is 6. The molecule has 1 heterocycles. The van der Waals surface area contributed by atoms with Crippen LogP contribution in [-0.4, -0.2) is 51.7 Å². The summed E-state index contributed by atoms with van der Waals surface area (Å²) in [7, 11) is 0. The van der Waals surface area contributed by atoms with Crippen molar-refractivity contribution in [3.05, 3.63) is 0 Å². The van der Waals surface area contributed by atoms with Crippen LogP contribution in [0.5, 0.6) is 0 Å². The first-order valence-electron chi connectivity index (χ1n) is 5.44. The van der Waals surface area contributed by atoms with E-state index in [2.05, 4.69) is 21.3 Å². The van der Waals surface area contributed by atoms with E-state index < -0.39 is 0 Å². The van der Waals surface area contributed by atoms with Crippen molar-refractivity contribution < 1.29 is 9.47 Å². The van der Waals surface area contributed by atoms with Gasteiger partial charge in [0.05, 0.1) is 32.4 Å². The van der Waals surface area contributed by atoms with Crippen molar-refractivity contribution in [1.82, 2.24) is 5.32 Å². The van der Waals surface area contributed by atoms with Crippen molar-refractivity contribution in [3.63, 3.8) is 0 Å². The Labute approximate surface area is 103 Å². The lowest BCUT2D eigenvalue weighted by molar-refractivity contribution is -0.101. The third kappa shape index (κ3) is 7.79.